The van der Waals surface area contributed by atoms with Gasteiger partial charge in [-0.2, -0.15) is 0 Å². The second-order valence-electron chi connectivity index (χ2n) is 7.87. The Labute approximate surface area is 202 Å². The van der Waals surface area contributed by atoms with Gasteiger partial charge in [-0.25, -0.2) is 0 Å². The van der Waals surface area contributed by atoms with Crippen LogP contribution < -0.4 is 16.0 Å². The van der Waals surface area contributed by atoms with Gasteiger partial charge < -0.3 is 16.0 Å². The van der Waals surface area contributed by atoms with Gasteiger partial charge in [0.25, 0.3) is 0 Å². The van der Waals surface area contributed by atoms with Crippen LogP contribution in [0.15, 0.2) is 77.7 Å². The van der Waals surface area contributed by atoms with Crippen LogP contribution in [-0.2, 0) is 4.79 Å². The van der Waals surface area contributed by atoms with E-state index in [0.29, 0.717) is 6.42 Å². The van der Waals surface area contributed by atoms with E-state index < -0.39 is 0 Å². The number of hydrogen-bond donors (Lipinski definition) is 3. The Balaban J connectivity index is 1.75. The minimum absolute atomic E-state index is 0.0534. The first-order chi connectivity index (χ1) is 16.1. The molecule has 0 aliphatic heterocycles. The van der Waals surface area contributed by atoms with Gasteiger partial charge in [0.15, 0.2) is 0 Å². The van der Waals surface area contributed by atoms with Crippen LogP contribution in [0.2, 0.25) is 0 Å². The highest BCUT2D eigenvalue weighted by Gasteiger charge is 2.17. The molecular formula is C28H35N3OS. The average Bonchev–Trinajstić information content (AvgIpc) is 2.83. The van der Waals surface area contributed by atoms with Gasteiger partial charge in [0, 0.05) is 41.7 Å². The second kappa shape index (κ2) is 12.9. The van der Waals surface area contributed by atoms with Crippen molar-refractivity contribution in [1.29, 1.82) is 0 Å². The number of thioether (sulfide) groups is 1. The molecule has 0 saturated carbocycles. The smallest absolute Gasteiger partial charge is 0.224 e. The van der Waals surface area contributed by atoms with E-state index in [9.17, 15) is 4.79 Å². The summed E-state index contributed by atoms with van der Waals surface area (Å²) in [4.78, 5) is 14.0. The van der Waals surface area contributed by atoms with Gasteiger partial charge in [0.2, 0.25) is 5.91 Å². The highest BCUT2D eigenvalue weighted by atomic mass is 32.2. The van der Waals surface area contributed by atoms with E-state index in [0.717, 1.165) is 47.2 Å². The summed E-state index contributed by atoms with van der Waals surface area (Å²) in [5.74, 6) is 1.18. The van der Waals surface area contributed by atoms with Crippen LogP contribution in [0.4, 0.5) is 17.1 Å². The maximum absolute atomic E-state index is 12.9. The summed E-state index contributed by atoms with van der Waals surface area (Å²) in [7, 11) is 0. The molecule has 1 amide bonds. The van der Waals surface area contributed by atoms with Crippen LogP contribution in [0.5, 0.6) is 0 Å². The predicted molar refractivity (Wildman–Crippen MR) is 144 cm³/mol. The Morgan fingerprint density at radius 3 is 1.85 bits per heavy atom. The Hall–Kier alpha value is -2.92. The zero-order valence-electron chi connectivity index (χ0n) is 19.9. The summed E-state index contributed by atoms with van der Waals surface area (Å²) in [6.07, 6.45) is 1.20. The lowest BCUT2D eigenvalue weighted by molar-refractivity contribution is -0.116. The third-order valence-corrected chi connectivity index (χ3v) is 6.46. The number of carbonyl (C=O) groups is 1. The molecule has 33 heavy (non-hydrogen) atoms. The molecule has 0 fully saturated rings. The van der Waals surface area contributed by atoms with Crippen LogP contribution in [-0.4, -0.2) is 24.7 Å². The summed E-state index contributed by atoms with van der Waals surface area (Å²) < 4.78 is 0. The summed E-state index contributed by atoms with van der Waals surface area (Å²) in [5, 5.41) is 9.83. The molecule has 5 heteroatoms. The number of para-hydroxylation sites is 1. The van der Waals surface area contributed by atoms with Crippen LogP contribution in [0.25, 0.3) is 0 Å². The van der Waals surface area contributed by atoms with Gasteiger partial charge in [-0.1, -0.05) is 43.3 Å². The Bertz CT molecular complexity index is 953. The molecule has 4 nitrogen and oxygen atoms in total. The third-order valence-electron chi connectivity index (χ3n) is 5.51. The van der Waals surface area contributed by atoms with Gasteiger partial charge in [0.1, 0.15) is 0 Å². The minimum atomic E-state index is 0.0534. The number of amides is 1. The van der Waals surface area contributed by atoms with Crippen molar-refractivity contribution >= 4 is 34.7 Å². The summed E-state index contributed by atoms with van der Waals surface area (Å²) in [6, 6.07) is 25.2. The van der Waals surface area contributed by atoms with Crippen molar-refractivity contribution in [2.45, 2.75) is 44.4 Å². The summed E-state index contributed by atoms with van der Waals surface area (Å²) in [6.45, 7) is 8.10. The molecule has 0 unspecified atom stereocenters. The van der Waals surface area contributed by atoms with Gasteiger partial charge in [-0.15, -0.1) is 11.8 Å². The Morgan fingerprint density at radius 1 is 0.788 bits per heavy atom. The number of rotatable bonds is 12. The van der Waals surface area contributed by atoms with Crippen LogP contribution in [0.1, 0.15) is 50.7 Å². The van der Waals surface area contributed by atoms with E-state index in [2.05, 4.69) is 91.3 Å². The molecule has 0 bridgehead atoms. The standard InChI is InChI=1S/C28H35N3OS/c1-4-29-23-15-11-21(12-16-23)25(22-13-17-24(18-14-22)30-5-2)19-20-28(32)31-26-9-7-8-10-27(26)33-6-3/h7-18,25,29-30H,4-6,19-20H2,1-3H3,(H,31,32). The van der Waals surface area contributed by atoms with Crippen molar-refractivity contribution in [3.8, 4) is 0 Å². The van der Waals surface area contributed by atoms with Crippen molar-refractivity contribution in [1.82, 2.24) is 0 Å². The van der Waals surface area contributed by atoms with Crippen molar-refractivity contribution in [3.63, 3.8) is 0 Å². The molecule has 0 saturated heterocycles. The molecule has 3 aromatic carbocycles. The molecule has 3 N–H and O–H groups in total. The second-order valence-corrected chi connectivity index (χ2v) is 9.18. The first-order valence-corrected chi connectivity index (χ1v) is 12.8. The van der Waals surface area contributed by atoms with Crippen molar-refractivity contribution < 1.29 is 4.79 Å². The summed E-state index contributed by atoms with van der Waals surface area (Å²) in [5.41, 5.74) is 5.58. The zero-order chi connectivity index (χ0) is 23.5. The minimum Gasteiger partial charge on any atom is -0.385 e. The lowest BCUT2D eigenvalue weighted by Crippen LogP contribution is -2.14. The van der Waals surface area contributed by atoms with E-state index in [1.54, 1.807) is 11.8 Å². The highest BCUT2D eigenvalue weighted by Crippen LogP contribution is 2.32. The lowest BCUT2D eigenvalue weighted by atomic mass is 9.87. The topological polar surface area (TPSA) is 53.2 Å². The van der Waals surface area contributed by atoms with Crippen molar-refractivity contribution in [2.24, 2.45) is 0 Å². The quantitative estimate of drug-likeness (QED) is 0.249. The molecule has 174 valence electrons. The molecule has 0 heterocycles. The summed E-state index contributed by atoms with van der Waals surface area (Å²) >= 11 is 1.75. The fourth-order valence-corrected chi connectivity index (χ4v) is 4.70. The maximum atomic E-state index is 12.9. The maximum Gasteiger partial charge on any atom is 0.224 e. The zero-order valence-corrected chi connectivity index (χ0v) is 20.7. The van der Waals surface area contributed by atoms with Gasteiger partial charge >= 0.3 is 0 Å². The number of benzene rings is 3. The van der Waals surface area contributed by atoms with Crippen molar-refractivity contribution in [3.05, 3.63) is 83.9 Å². The monoisotopic (exact) mass is 461 g/mol. The largest absolute Gasteiger partial charge is 0.385 e. The molecule has 0 aliphatic rings. The number of hydrogen-bond acceptors (Lipinski definition) is 4. The van der Waals surface area contributed by atoms with E-state index >= 15 is 0 Å². The van der Waals surface area contributed by atoms with Crippen LogP contribution in [0, 0.1) is 0 Å². The lowest BCUT2D eigenvalue weighted by Gasteiger charge is -2.19. The first-order valence-electron chi connectivity index (χ1n) is 11.8. The molecule has 0 radical (unpaired) electrons. The highest BCUT2D eigenvalue weighted by molar-refractivity contribution is 7.99. The fourth-order valence-electron chi connectivity index (χ4n) is 3.94. The van der Waals surface area contributed by atoms with E-state index in [1.165, 1.54) is 11.1 Å². The average molecular weight is 462 g/mol. The predicted octanol–water partition coefficient (Wildman–Crippen LogP) is 7.21. The molecule has 0 aliphatic carbocycles. The molecular weight excluding hydrogens is 426 g/mol. The van der Waals surface area contributed by atoms with Gasteiger partial charge in [-0.3, -0.25) is 4.79 Å². The van der Waals surface area contributed by atoms with E-state index in [-0.39, 0.29) is 11.8 Å². The van der Waals surface area contributed by atoms with Gasteiger partial charge in [-0.05, 0) is 73.5 Å². The molecule has 0 spiro atoms. The number of nitrogens with one attached hydrogen (secondary N) is 3. The molecule has 3 rings (SSSR count). The normalized spacial score (nSPS) is 10.8. The third kappa shape index (κ3) is 7.29. The SMILES string of the molecule is CCNc1ccc(C(CCC(=O)Nc2ccccc2SCC)c2ccc(NCC)cc2)cc1. The molecule has 0 atom stereocenters. The first kappa shape index (κ1) is 24.7. The Kier molecular flexibility index (Phi) is 9.70. The number of anilines is 3. The van der Waals surface area contributed by atoms with E-state index in [4.69, 9.17) is 0 Å². The van der Waals surface area contributed by atoms with Crippen molar-refractivity contribution in [2.75, 3.05) is 34.8 Å². The van der Waals surface area contributed by atoms with Crippen LogP contribution >= 0.6 is 11.8 Å². The molecule has 3 aromatic rings. The molecule has 0 aromatic heterocycles. The fraction of sp³-hybridized carbons (Fsp3) is 0.321. The van der Waals surface area contributed by atoms with Gasteiger partial charge in [0.05, 0.1) is 5.69 Å². The van der Waals surface area contributed by atoms with Crippen LogP contribution in [0.3, 0.4) is 0 Å². The Morgan fingerprint density at radius 2 is 1.33 bits per heavy atom. The van der Waals surface area contributed by atoms with E-state index in [1.807, 2.05) is 18.2 Å². The number of carbonyl (C=O) groups excluding carboxylic acids is 1.